The van der Waals surface area contributed by atoms with E-state index in [1.165, 1.54) is 6.33 Å². The summed E-state index contributed by atoms with van der Waals surface area (Å²) in [6.45, 7) is 0.526. The van der Waals surface area contributed by atoms with Gasteiger partial charge in [0.1, 0.15) is 10.3 Å². The molecule has 14 heavy (non-hydrogen) atoms. The molecule has 1 heterocycles. The van der Waals surface area contributed by atoms with Crippen molar-refractivity contribution in [3.63, 3.8) is 0 Å². The van der Waals surface area contributed by atoms with Crippen molar-refractivity contribution in [1.82, 2.24) is 9.97 Å². The third-order valence-electron chi connectivity index (χ3n) is 1.48. The predicted octanol–water partition coefficient (Wildman–Crippen LogP) is 0.323. The minimum Gasteiger partial charge on any atom is -0.368 e. The summed E-state index contributed by atoms with van der Waals surface area (Å²) in [5.74, 6) is 1.00. The molecule has 2 N–H and O–H groups in total. The Bertz CT molecular complexity index is 393. The van der Waals surface area contributed by atoms with Crippen LogP contribution in [0.1, 0.15) is 0 Å². The van der Waals surface area contributed by atoms with Crippen LogP contribution in [-0.2, 0) is 10.8 Å². The van der Waals surface area contributed by atoms with Crippen molar-refractivity contribution >= 4 is 32.5 Å². The molecule has 1 aromatic rings. The maximum absolute atomic E-state index is 11.1. The molecule has 0 bridgehead atoms. The molecule has 0 aliphatic heterocycles. The van der Waals surface area contributed by atoms with Crippen LogP contribution in [0.5, 0.6) is 0 Å². The number of hydrogen-bond donors (Lipinski definition) is 2. The Morgan fingerprint density at radius 1 is 1.71 bits per heavy atom. The highest BCUT2D eigenvalue weighted by Crippen LogP contribution is 2.12. The van der Waals surface area contributed by atoms with Crippen LogP contribution in [0, 0.1) is 0 Å². The highest BCUT2D eigenvalue weighted by atomic mass is 79.9. The Balaban J connectivity index is 2.63. The monoisotopic (exact) mass is 279 g/mol. The maximum Gasteiger partial charge on any atom is 0.267 e. The molecule has 1 aromatic heterocycles. The number of anilines is 1. The summed E-state index contributed by atoms with van der Waals surface area (Å²) in [6, 6.07) is 0. The number of aromatic nitrogens is 2. The number of nitrogens with one attached hydrogen (secondary N) is 2. The first-order valence-corrected chi connectivity index (χ1v) is 6.40. The number of halogens is 1. The van der Waals surface area contributed by atoms with Gasteiger partial charge in [0.25, 0.3) is 5.56 Å². The van der Waals surface area contributed by atoms with E-state index in [9.17, 15) is 9.00 Å². The van der Waals surface area contributed by atoms with Crippen LogP contribution >= 0.6 is 15.9 Å². The highest BCUT2D eigenvalue weighted by Gasteiger charge is 2.03. The molecule has 0 aromatic carbocycles. The van der Waals surface area contributed by atoms with Crippen molar-refractivity contribution in [3.8, 4) is 0 Å². The van der Waals surface area contributed by atoms with Gasteiger partial charge in [0.2, 0.25) is 0 Å². The van der Waals surface area contributed by atoms with E-state index in [2.05, 4.69) is 31.2 Å². The summed E-state index contributed by atoms with van der Waals surface area (Å²) in [6.07, 6.45) is 2.94. The van der Waals surface area contributed by atoms with Crippen molar-refractivity contribution in [1.29, 1.82) is 0 Å². The van der Waals surface area contributed by atoms with Crippen LogP contribution in [0.4, 0.5) is 5.82 Å². The van der Waals surface area contributed by atoms with Gasteiger partial charge in [-0.3, -0.25) is 9.00 Å². The number of hydrogen-bond acceptors (Lipinski definition) is 4. The summed E-state index contributed by atoms with van der Waals surface area (Å²) in [5, 5.41) is 2.91. The molecule has 1 rings (SSSR count). The first-order valence-electron chi connectivity index (χ1n) is 3.88. The van der Waals surface area contributed by atoms with Crippen molar-refractivity contribution in [2.45, 2.75) is 0 Å². The van der Waals surface area contributed by atoms with Gasteiger partial charge in [-0.2, -0.15) is 0 Å². The van der Waals surface area contributed by atoms with E-state index < -0.39 is 10.8 Å². The largest absolute Gasteiger partial charge is 0.368 e. The summed E-state index contributed by atoms with van der Waals surface area (Å²) in [7, 11) is -0.843. The second-order valence-electron chi connectivity index (χ2n) is 2.60. The highest BCUT2D eigenvalue weighted by molar-refractivity contribution is 9.10. The second kappa shape index (κ2) is 5.26. The molecule has 0 fully saturated rings. The molecule has 1 atom stereocenters. The maximum atomic E-state index is 11.1. The van der Waals surface area contributed by atoms with Gasteiger partial charge in [0.05, 0.1) is 6.33 Å². The SMILES string of the molecule is CS(=O)CCNc1nc[nH]c(=O)c1Br. The van der Waals surface area contributed by atoms with Gasteiger partial charge < -0.3 is 10.3 Å². The van der Waals surface area contributed by atoms with Crippen LogP contribution in [0.3, 0.4) is 0 Å². The van der Waals surface area contributed by atoms with E-state index in [0.717, 1.165) is 0 Å². The summed E-state index contributed by atoms with van der Waals surface area (Å²) in [5.41, 5.74) is -0.236. The molecule has 5 nitrogen and oxygen atoms in total. The third-order valence-corrected chi connectivity index (χ3v) is 2.99. The summed E-state index contributed by atoms with van der Waals surface area (Å²) >= 11 is 3.10. The molecule has 7 heteroatoms. The van der Waals surface area contributed by atoms with E-state index in [-0.39, 0.29) is 5.56 Å². The van der Waals surface area contributed by atoms with Crippen LogP contribution in [0.2, 0.25) is 0 Å². The Kier molecular flexibility index (Phi) is 4.27. The topological polar surface area (TPSA) is 74.8 Å². The smallest absolute Gasteiger partial charge is 0.267 e. The molecule has 0 saturated heterocycles. The van der Waals surface area contributed by atoms with Crippen LogP contribution in [0.15, 0.2) is 15.6 Å². The summed E-state index contributed by atoms with van der Waals surface area (Å²) < 4.78 is 11.1. The van der Waals surface area contributed by atoms with Gasteiger partial charge in [-0.05, 0) is 15.9 Å². The molecule has 0 spiro atoms. The number of nitrogens with zero attached hydrogens (tertiary/aromatic N) is 1. The first kappa shape index (κ1) is 11.4. The lowest BCUT2D eigenvalue weighted by Crippen LogP contribution is -2.15. The standard InChI is InChI=1S/C7H10BrN3O2S/c1-14(13)3-2-9-6-5(8)7(12)11-4-10-6/h4H,2-3H2,1H3,(H2,9,10,11,12). The molecule has 0 radical (unpaired) electrons. The van der Waals surface area contributed by atoms with Gasteiger partial charge in [0, 0.05) is 29.4 Å². The van der Waals surface area contributed by atoms with E-state index in [4.69, 9.17) is 0 Å². The van der Waals surface area contributed by atoms with Crippen molar-refractivity contribution in [2.24, 2.45) is 0 Å². The van der Waals surface area contributed by atoms with Gasteiger partial charge in [-0.25, -0.2) is 4.98 Å². The fourth-order valence-electron chi connectivity index (χ4n) is 0.819. The van der Waals surface area contributed by atoms with E-state index in [1.54, 1.807) is 6.26 Å². The van der Waals surface area contributed by atoms with Crippen molar-refractivity contribution in [2.75, 3.05) is 23.9 Å². The average Bonchev–Trinajstić information content (AvgIpc) is 2.12. The Labute approximate surface area is 91.9 Å². The lowest BCUT2D eigenvalue weighted by Gasteiger charge is -2.04. The van der Waals surface area contributed by atoms with E-state index in [0.29, 0.717) is 22.6 Å². The molecule has 1 unspecified atom stereocenters. The normalized spacial score (nSPS) is 12.4. The molecule has 0 aliphatic rings. The molecule has 78 valence electrons. The first-order chi connectivity index (χ1) is 6.61. The minimum absolute atomic E-state index is 0.236. The molecular formula is C7H10BrN3O2S. The molecule has 0 amide bonds. The van der Waals surface area contributed by atoms with Gasteiger partial charge in [-0.15, -0.1) is 0 Å². The molecule has 0 aliphatic carbocycles. The number of aromatic amines is 1. The Morgan fingerprint density at radius 3 is 3.07 bits per heavy atom. The van der Waals surface area contributed by atoms with Gasteiger partial charge in [-0.1, -0.05) is 0 Å². The zero-order valence-corrected chi connectivity index (χ0v) is 9.94. The second-order valence-corrected chi connectivity index (χ2v) is 4.95. The van der Waals surface area contributed by atoms with Crippen LogP contribution in [-0.4, -0.2) is 32.7 Å². The Morgan fingerprint density at radius 2 is 2.43 bits per heavy atom. The van der Waals surface area contributed by atoms with Crippen LogP contribution < -0.4 is 10.9 Å². The summed E-state index contributed by atoms with van der Waals surface area (Å²) in [4.78, 5) is 17.4. The van der Waals surface area contributed by atoms with Crippen molar-refractivity contribution < 1.29 is 4.21 Å². The number of rotatable bonds is 4. The lowest BCUT2D eigenvalue weighted by atomic mass is 10.5. The van der Waals surface area contributed by atoms with Crippen LogP contribution in [0.25, 0.3) is 0 Å². The molecule has 0 saturated carbocycles. The number of H-pyrrole nitrogens is 1. The van der Waals surface area contributed by atoms with E-state index >= 15 is 0 Å². The Hall–Kier alpha value is -0.690. The fourth-order valence-corrected chi connectivity index (χ4v) is 1.57. The van der Waals surface area contributed by atoms with E-state index in [1.807, 2.05) is 0 Å². The van der Waals surface area contributed by atoms with Gasteiger partial charge in [0.15, 0.2) is 0 Å². The minimum atomic E-state index is -0.843. The lowest BCUT2D eigenvalue weighted by molar-refractivity contribution is 0.687. The molecular weight excluding hydrogens is 270 g/mol. The fraction of sp³-hybridized carbons (Fsp3) is 0.429. The average molecular weight is 280 g/mol. The zero-order chi connectivity index (χ0) is 10.6. The predicted molar refractivity (Wildman–Crippen MR) is 60.0 cm³/mol. The van der Waals surface area contributed by atoms with Crippen molar-refractivity contribution in [3.05, 3.63) is 21.2 Å². The van der Waals surface area contributed by atoms with Gasteiger partial charge >= 0.3 is 0 Å². The zero-order valence-electron chi connectivity index (χ0n) is 7.54. The quantitative estimate of drug-likeness (QED) is 0.833. The third kappa shape index (κ3) is 3.22.